The molecule has 0 saturated heterocycles. The van der Waals surface area contributed by atoms with Crippen LogP contribution in [-0.2, 0) is 12.0 Å². The van der Waals surface area contributed by atoms with Crippen molar-refractivity contribution in [3.63, 3.8) is 0 Å². The van der Waals surface area contributed by atoms with E-state index < -0.39 is 0 Å². The van der Waals surface area contributed by atoms with Crippen molar-refractivity contribution < 1.29 is 0 Å². The van der Waals surface area contributed by atoms with Gasteiger partial charge in [0.15, 0.2) is 0 Å². The highest BCUT2D eigenvalue weighted by Crippen LogP contribution is 2.40. The van der Waals surface area contributed by atoms with Crippen LogP contribution in [0.2, 0.25) is 0 Å². The van der Waals surface area contributed by atoms with Gasteiger partial charge in [0, 0.05) is 5.54 Å². The smallest absolute Gasteiger partial charge is 0.0412 e. The van der Waals surface area contributed by atoms with Gasteiger partial charge in [-0.25, -0.2) is 0 Å². The SMILES string of the molecule is CC(C)Cc1cccc(C2(N)CCCC(CC(C)C)C2)c1. The van der Waals surface area contributed by atoms with E-state index in [1.807, 2.05) is 0 Å². The fourth-order valence-electron chi connectivity index (χ4n) is 4.03. The Morgan fingerprint density at radius 1 is 1.19 bits per heavy atom. The Morgan fingerprint density at radius 2 is 1.95 bits per heavy atom. The molecule has 1 aromatic carbocycles. The lowest BCUT2D eigenvalue weighted by atomic mass is 9.70. The van der Waals surface area contributed by atoms with Gasteiger partial charge in [0.25, 0.3) is 0 Å². The maximum absolute atomic E-state index is 6.85. The lowest BCUT2D eigenvalue weighted by Crippen LogP contribution is -2.41. The average molecular weight is 287 g/mol. The van der Waals surface area contributed by atoms with Gasteiger partial charge in [0.1, 0.15) is 0 Å². The third-order valence-electron chi connectivity index (χ3n) is 4.84. The molecule has 1 heteroatoms. The van der Waals surface area contributed by atoms with Crippen molar-refractivity contribution >= 4 is 0 Å². The molecular weight excluding hydrogens is 254 g/mol. The zero-order valence-corrected chi connectivity index (χ0v) is 14.4. The summed E-state index contributed by atoms with van der Waals surface area (Å²) >= 11 is 0. The van der Waals surface area contributed by atoms with Gasteiger partial charge in [-0.1, -0.05) is 64.8 Å². The summed E-state index contributed by atoms with van der Waals surface area (Å²) in [5, 5.41) is 0. The minimum atomic E-state index is -0.0925. The maximum Gasteiger partial charge on any atom is 0.0412 e. The molecule has 2 rings (SSSR count). The van der Waals surface area contributed by atoms with Gasteiger partial charge >= 0.3 is 0 Å². The van der Waals surface area contributed by atoms with Gasteiger partial charge in [-0.3, -0.25) is 0 Å². The zero-order valence-electron chi connectivity index (χ0n) is 14.4. The van der Waals surface area contributed by atoms with Crippen molar-refractivity contribution in [2.75, 3.05) is 0 Å². The molecule has 1 saturated carbocycles. The summed E-state index contributed by atoms with van der Waals surface area (Å²) in [6, 6.07) is 9.08. The second-order valence-electron chi connectivity index (χ2n) is 8.05. The van der Waals surface area contributed by atoms with Crippen LogP contribution in [0.15, 0.2) is 24.3 Å². The standard InChI is InChI=1S/C20H33N/c1-15(2)11-17-7-5-9-19(13-17)20(21)10-6-8-18(14-20)12-16(3)4/h5,7,9,13,15-16,18H,6,8,10-12,14,21H2,1-4H3. The Balaban J connectivity index is 2.14. The second-order valence-corrected chi connectivity index (χ2v) is 8.05. The molecule has 2 N–H and O–H groups in total. The van der Waals surface area contributed by atoms with E-state index in [4.69, 9.17) is 5.73 Å². The molecule has 1 nitrogen and oxygen atoms in total. The third-order valence-corrected chi connectivity index (χ3v) is 4.84. The molecule has 0 heterocycles. The van der Waals surface area contributed by atoms with Crippen molar-refractivity contribution in [2.24, 2.45) is 23.5 Å². The molecule has 0 radical (unpaired) electrons. The van der Waals surface area contributed by atoms with E-state index in [1.165, 1.54) is 30.4 Å². The zero-order chi connectivity index (χ0) is 15.5. The predicted molar refractivity (Wildman–Crippen MR) is 92.3 cm³/mol. The number of hydrogen-bond acceptors (Lipinski definition) is 1. The molecule has 0 spiro atoms. The van der Waals surface area contributed by atoms with E-state index >= 15 is 0 Å². The average Bonchev–Trinajstić information content (AvgIpc) is 2.37. The topological polar surface area (TPSA) is 26.0 Å². The van der Waals surface area contributed by atoms with Crippen molar-refractivity contribution in [1.29, 1.82) is 0 Å². The largest absolute Gasteiger partial charge is 0.321 e. The van der Waals surface area contributed by atoms with Crippen LogP contribution < -0.4 is 5.73 Å². The molecule has 0 bridgehead atoms. The molecule has 1 aromatic rings. The fraction of sp³-hybridized carbons (Fsp3) is 0.700. The summed E-state index contributed by atoms with van der Waals surface area (Å²) in [7, 11) is 0. The van der Waals surface area contributed by atoms with Crippen molar-refractivity contribution in [3.8, 4) is 0 Å². The molecule has 2 atom stereocenters. The highest BCUT2D eigenvalue weighted by atomic mass is 14.8. The van der Waals surface area contributed by atoms with Crippen molar-refractivity contribution in [3.05, 3.63) is 35.4 Å². The van der Waals surface area contributed by atoms with Crippen LogP contribution in [-0.4, -0.2) is 0 Å². The summed E-state index contributed by atoms with van der Waals surface area (Å²) in [6.07, 6.45) is 7.43. The minimum absolute atomic E-state index is 0.0925. The molecule has 1 fully saturated rings. The van der Waals surface area contributed by atoms with E-state index in [0.717, 1.165) is 31.1 Å². The summed E-state index contributed by atoms with van der Waals surface area (Å²) in [5.41, 5.74) is 9.57. The molecule has 118 valence electrons. The van der Waals surface area contributed by atoms with Crippen LogP contribution in [0.4, 0.5) is 0 Å². The minimum Gasteiger partial charge on any atom is -0.321 e. The lowest BCUT2D eigenvalue weighted by Gasteiger charge is -2.39. The molecular formula is C20H33N. The highest BCUT2D eigenvalue weighted by molar-refractivity contribution is 5.30. The van der Waals surface area contributed by atoms with E-state index in [9.17, 15) is 0 Å². The molecule has 1 aliphatic rings. The van der Waals surface area contributed by atoms with E-state index in [-0.39, 0.29) is 5.54 Å². The van der Waals surface area contributed by atoms with Crippen LogP contribution in [0, 0.1) is 17.8 Å². The van der Waals surface area contributed by atoms with Gasteiger partial charge < -0.3 is 5.73 Å². The molecule has 1 aliphatic carbocycles. The lowest BCUT2D eigenvalue weighted by molar-refractivity contribution is 0.202. The number of rotatable bonds is 5. The van der Waals surface area contributed by atoms with Gasteiger partial charge in [-0.15, -0.1) is 0 Å². The fourth-order valence-corrected chi connectivity index (χ4v) is 4.03. The first-order valence-electron chi connectivity index (χ1n) is 8.77. The summed E-state index contributed by atoms with van der Waals surface area (Å²) in [4.78, 5) is 0. The Kier molecular flexibility index (Phi) is 5.48. The Bertz CT molecular complexity index is 449. The Hall–Kier alpha value is -0.820. The first-order valence-corrected chi connectivity index (χ1v) is 8.77. The highest BCUT2D eigenvalue weighted by Gasteiger charge is 2.34. The molecule has 2 unspecified atom stereocenters. The van der Waals surface area contributed by atoms with Crippen molar-refractivity contribution in [1.82, 2.24) is 0 Å². The summed E-state index contributed by atoms with van der Waals surface area (Å²) < 4.78 is 0. The number of benzene rings is 1. The van der Waals surface area contributed by atoms with Gasteiger partial charge in [0.05, 0.1) is 0 Å². The van der Waals surface area contributed by atoms with Crippen LogP contribution in [0.25, 0.3) is 0 Å². The molecule has 21 heavy (non-hydrogen) atoms. The number of nitrogens with two attached hydrogens (primary N) is 1. The predicted octanol–water partition coefficient (Wildman–Crippen LogP) is 5.28. The third kappa shape index (κ3) is 4.57. The summed E-state index contributed by atoms with van der Waals surface area (Å²) in [6.45, 7) is 9.22. The van der Waals surface area contributed by atoms with Crippen molar-refractivity contribution in [2.45, 2.75) is 71.8 Å². The monoisotopic (exact) mass is 287 g/mol. The van der Waals surface area contributed by atoms with E-state index in [0.29, 0.717) is 5.92 Å². The molecule has 0 amide bonds. The van der Waals surface area contributed by atoms with Gasteiger partial charge in [-0.05, 0) is 54.6 Å². The Morgan fingerprint density at radius 3 is 2.62 bits per heavy atom. The second kappa shape index (κ2) is 6.96. The number of hydrogen-bond donors (Lipinski definition) is 1. The van der Waals surface area contributed by atoms with E-state index in [2.05, 4.69) is 52.0 Å². The van der Waals surface area contributed by atoms with E-state index in [1.54, 1.807) is 0 Å². The van der Waals surface area contributed by atoms with Crippen LogP contribution in [0.1, 0.15) is 70.9 Å². The normalized spacial score (nSPS) is 26.5. The molecule has 0 aliphatic heterocycles. The first-order chi connectivity index (χ1) is 9.89. The quantitative estimate of drug-likeness (QED) is 0.784. The van der Waals surface area contributed by atoms with Crippen LogP contribution in [0.5, 0.6) is 0 Å². The van der Waals surface area contributed by atoms with Crippen LogP contribution in [0.3, 0.4) is 0 Å². The van der Waals surface area contributed by atoms with Gasteiger partial charge in [0.2, 0.25) is 0 Å². The molecule has 0 aromatic heterocycles. The summed E-state index contributed by atoms with van der Waals surface area (Å²) in [5.74, 6) is 2.29. The first kappa shape index (κ1) is 16.5. The maximum atomic E-state index is 6.85. The van der Waals surface area contributed by atoms with Crippen LogP contribution >= 0.6 is 0 Å². The van der Waals surface area contributed by atoms with Gasteiger partial charge in [-0.2, -0.15) is 0 Å². The Labute approximate surface area is 131 Å².